The molecule has 0 saturated carbocycles. The number of esters is 1. The van der Waals surface area contributed by atoms with Gasteiger partial charge in [0.25, 0.3) is 0 Å². The average Bonchev–Trinajstić information content (AvgIpc) is 3.26. The summed E-state index contributed by atoms with van der Waals surface area (Å²) in [6.45, 7) is 0.197. The molecule has 2 unspecified atom stereocenters. The van der Waals surface area contributed by atoms with E-state index in [1.54, 1.807) is 18.3 Å². The lowest BCUT2D eigenvalue weighted by Crippen LogP contribution is -2.28. The Morgan fingerprint density at radius 2 is 2.15 bits per heavy atom. The van der Waals surface area contributed by atoms with Crippen molar-refractivity contribution in [2.24, 2.45) is 10.9 Å². The fourth-order valence-electron chi connectivity index (χ4n) is 3.91. The number of H-pyrrole nitrogens is 1. The number of aromatic nitrogens is 2. The van der Waals surface area contributed by atoms with Crippen molar-refractivity contribution in [2.75, 3.05) is 13.7 Å². The van der Waals surface area contributed by atoms with Crippen molar-refractivity contribution in [3.8, 4) is 11.5 Å². The van der Waals surface area contributed by atoms with E-state index in [9.17, 15) is 9.90 Å². The lowest BCUT2D eigenvalue weighted by molar-refractivity contribution is -0.141. The summed E-state index contributed by atoms with van der Waals surface area (Å²) < 4.78 is 10.4. The third kappa shape index (κ3) is 1.97. The van der Waals surface area contributed by atoms with Gasteiger partial charge in [0.05, 0.1) is 30.2 Å². The summed E-state index contributed by atoms with van der Waals surface area (Å²) in [4.78, 5) is 17.1. The minimum atomic E-state index is -0.510. The van der Waals surface area contributed by atoms with E-state index in [2.05, 4.69) is 15.2 Å². The largest absolute Gasteiger partial charge is 0.504 e. The van der Waals surface area contributed by atoms with Crippen LogP contribution in [-0.4, -0.2) is 40.7 Å². The molecule has 3 aromatic rings. The fraction of sp³-hybridized carbons (Fsp3) is 0.211. The molecule has 2 atom stereocenters. The summed E-state index contributed by atoms with van der Waals surface area (Å²) >= 11 is 0. The van der Waals surface area contributed by atoms with Crippen molar-refractivity contribution in [3.05, 3.63) is 47.7 Å². The normalized spacial score (nSPS) is 21.1. The van der Waals surface area contributed by atoms with Crippen LogP contribution in [0.15, 0.2) is 41.5 Å². The number of phenols is 1. The highest BCUT2D eigenvalue weighted by molar-refractivity contribution is 6.12. The molecule has 1 fully saturated rings. The van der Waals surface area contributed by atoms with E-state index in [-0.39, 0.29) is 24.2 Å². The monoisotopic (exact) mass is 349 g/mol. The summed E-state index contributed by atoms with van der Waals surface area (Å²) in [7, 11) is 1.50. The average molecular weight is 349 g/mol. The number of nitrogens with one attached hydrogen (secondary N) is 1. The number of fused-ring (bicyclic) bond motifs is 4. The van der Waals surface area contributed by atoms with E-state index in [1.165, 1.54) is 7.11 Å². The number of ether oxygens (including phenoxy) is 2. The number of carbonyl (C=O) groups is 1. The van der Waals surface area contributed by atoms with Gasteiger partial charge in [-0.25, -0.2) is 0 Å². The molecule has 2 aromatic carbocycles. The van der Waals surface area contributed by atoms with Crippen LogP contribution in [0.2, 0.25) is 0 Å². The SMILES string of the molecule is COc1ccc(C2c3c(ccc4cn[nH]c34)N=C3COC(=O)C32)cc1O. The molecule has 0 spiro atoms. The van der Waals surface area contributed by atoms with Gasteiger partial charge in [-0.15, -0.1) is 0 Å². The van der Waals surface area contributed by atoms with Crippen molar-refractivity contribution in [3.63, 3.8) is 0 Å². The van der Waals surface area contributed by atoms with Crippen molar-refractivity contribution in [2.45, 2.75) is 5.92 Å². The molecule has 1 saturated heterocycles. The number of cyclic esters (lactones) is 1. The Morgan fingerprint density at radius 3 is 2.96 bits per heavy atom. The smallest absolute Gasteiger partial charge is 0.316 e. The number of carbonyl (C=O) groups excluding carboxylic acids is 1. The molecule has 2 N–H and O–H groups in total. The Labute approximate surface area is 148 Å². The Hall–Kier alpha value is -3.35. The topological polar surface area (TPSA) is 96.8 Å². The first-order valence-corrected chi connectivity index (χ1v) is 8.24. The van der Waals surface area contributed by atoms with Crippen LogP contribution >= 0.6 is 0 Å². The molecule has 2 aliphatic heterocycles. The number of hydrogen-bond acceptors (Lipinski definition) is 6. The van der Waals surface area contributed by atoms with Gasteiger partial charge in [0, 0.05) is 16.9 Å². The maximum Gasteiger partial charge on any atom is 0.316 e. The number of benzene rings is 2. The van der Waals surface area contributed by atoms with E-state index in [1.807, 2.05) is 18.2 Å². The van der Waals surface area contributed by atoms with Crippen LogP contribution in [0.1, 0.15) is 17.0 Å². The quantitative estimate of drug-likeness (QED) is 0.693. The second-order valence-electron chi connectivity index (χ2n) is 6.43. The van der Waals surface area contributed by atoms with Gasteiger partial charge in [-0.3, -0.25) is 14.9 Å². The molecule has 26 heavy (non-hydrogen) atoms. The van der Waals surface area contributed by atoms with E-state index < -0.39 is 5.92 Å². The highest BCUT2D eigenvalue weighted by Gasteiger charge is 2.45. The van der Waals surface area contributed by atoms with Gasteiger partial charge in [0.1, 0.15) is 12.5 Å². The van der Waals surface area contributed by atoms with Gasteiger partial charge < -0.3 is 14.6 Å². The van der Waals surface area contributed by atoms with Crippen LogP contribution in [0.3, 0.4) is 0 Å². The van der Waals surface area contributed by atoms with Crippen LogP contribution in [0.25, 0.3) is 10.9 Å². The van der Waals surface area contributed by atoms with E-state index in [4.69, 9.17) is 9.47 Å². The molecule has 0 radical (unpaired) electrons. The third-order valence-corrected chi connectivity index (χ3v) is 5.08. The molecule has 0 bridgehead atoms. The zero-order chi connectivity index (χ0) is 17.8. The van der Waals surface area contributed by atoms with Gasteiger partial charge in [-0.1, -0.05) is 6.07 Å². The standard InChI is InChI=1S/C19H15N3O4/c1-25-14-5-3-9(6-13(14)23)15-16-11(4-2-10-7-20-22-18(10)16)21-12-8-26-19(24)17(12)15/h2-7,15,17,23H,8H2,1H3,(H,20,22). The number of phenolic OH excluding ortho intramolecular Hbond substituents is 1. The number of aromatic amines is 1. The molecule has 7 heteroatoms. The van der Waals surface area contributed by atoms with Crippen molar-refractivity contribution >= 4 is 28.3 Å². The number of methoxy groups -OCH3 is 1. The Bertz CT molecular complexity index is 1090. The van der Waals surface area contributed by atoms with Crippen LogP contribution in [0.4, 0.5) is 5.69 Å². The maximum atomic E-state index is 12.5. The maximum absolute atomic E-state index is 12.5. The summed E-state index contributed by atoms with van der Waals surface area (Å²) in [6.07, 6.45) is 1.74. The molecule has 130 valence electrons. The minimum Gasteiger partial charge on any atom is -0.504 e. The number of rotatable bonds is 2. The molecule has 2 aliphatic rings. The number of aliphatic imine (C=N–C) groups is 1. The zero-order valence-electron chi connectivity index (χ0n) is 13.9. The first kappa shape index (κ1) is 14.9. The minimum absolute atomic E-state index is 0.0266. The molecule has 5 rings (SSSR count). The van der Waals surface area contributed by atoms with Crippen molar-refractivity contribution in [1.29, 1.82) is 0 Å². The summed E-state index contributed by atoms with van der Waals surface area (Å²) in [5, 5.41) is 18.3. The zero-order valence-corrected chi connectivity index (χ0v) is 13.9. The number of aromatic hydroxyl groups is 1. The summed E-state index contributed by atoms with van der Waals surface area (Å²) in [5.74, 6) is -0.727. The molecule has 7 nitrogen and oxygen atoms in total. The predicted molar refractivity (Wildman–Crippen MR) is 94.1 cm³/mol. The van der Waals surface area contributed by atoms with Gasteiger partial charge in [0.15, 0.2) is 11.5 Å². The van der Waals surface area contributed by atoms with E-state index in [0.717, 1.165) is 27.7 Å². The first-order valence-electron chi connectivity index (χ1n) is 8.24. The lowest BCUT2D eigenvalue weighted by Gasteiger charge is -2.28. The predicted octanol–water partition coefficient (Wildman–Crippen LogP) is 2.67. The van der Waals surface area contributed by atoms with Gasteiger partial charge >= 0.3 is 5.97 Å². The molecule has 0 amide bonds. The number of hydrogen-bond donors (Lipinski definition) is 2. The fourth-order valence-corrected chi connectivity index (χ4v) is 3.91. The lowest BCUT2D eigenvalue weighted by atomic mass is 9.76. The summed E-state index contributed by atoms with van der Waals surface area (Å²) in [6, 6.07) is 9.06. The van der Waals surface area contributed by atoms with E-state index in [0.29, 0.717) is 11.5 Å². The molecular formula is C19H15N3O4. The van der Waals surface area contributed by atoms with E-state index >= 15 is 0 Å². The molecule has 1 aromatic heterocycles. The molecule has 0 aliphatic carbocycles. The first-order chi connectivity index (χ1) is 12.7. The van der Waals surface area contributed by atoms with Crippen LogP contribution < -0.4 is 4.74 Å². The second kappa shape index (κ2) is 5.32. The Balaban J connectivity index is 1.79. The molecule has 3 heterocycles. The Morgan fingerprint density at radius 1 is 1.27 bits per heavy atom. The summed E-state index contributed by atoms with van der Waals surface area (Å²) in [5.41, 5.74) is 4.01. The number of nitrogens with zero attached hydrogens (tertiary/aromatic N) is 2. The van der Waals surface area contributed by atoms with Crippen LogP contribution in [0, 0.1) is 5.92 Å². The highest BCUT2D eigenvalue weighted by atomic mass is 16.5. The van der Waals surface area contributed by atoms with Crippen molar-refractivity contribution < 1.29 is 19.4 Å². The third-order valence-electron chi connectivity index (χ3n) is 5.08. The Kier molecular flexibility index (Phi) is 3.06. The molecular weight excluding hydrogens is 334 g/mol. The second-order valence-corrected chi connectivity index (χ2v) is 6.43. The van der Waals surface area contributed by atoms with Crippen molar-refractivity contribution in [1.82, 2.24) is 10.2 Å². The highest BCUT2D eigenvalue weighted by Crippen LogP contribution is 2.48. The van der Waals surface area contributed by atoms with Gasteiger partial charge in [-0.2, -0.15) is 5.10 Å². The van der Waals surface area contributed by atoms with Crippen LogP contribution in [-0.2, 0) is 9.53 Å². The van der Waals surface area contributed by atoms with Gasteiger partial charge in [-0.05, 0) is 29.8 Å². The van der Waals surface area contributed by atoms with Gasteiger partial charge in [0.2, 0.25) is 0 Å². The van der Waals surface area contributed by atoms with Crippen LogP contribution in [0.5, 0.6) is 11.5 Å².